The van der Waals surface area contributed by atoms with Crippen molar-refractivity contribution in [2.24, 2.45) is 11.3 Å². The number of aromatic nitrogens is 3. The molecule has 1 unspecified atom stereocenters. The van der Waals surface area contributed by atoms with Gasteiger partial charge in [-0.3, -0.25) is 4.79 Å². The van der Waals surface area contributed by atoms with Crippen LogP contribution in [0.1, 0.15) is 38.4 Å². The SMILES string of the molecule is CC(C)(C)C1CCc2[nH]cc3c(=O)n(-c4ccc(Cl)cc4)nc-3c2C1. The Labute approximate surface area is 152 Å². The van der Waals surface area contributed by atoms with Gasteiger partial charge in [-0.25, -0.2) is 0 Å². The molecular weight excluding hydrogens is 334 g/mol. The highest BCUT2D eigenvalue weighted by molar-refractivity contribution is 6.30. The van der Waals surface area contributed by atoms with Gasteiger partial charge in [-0.2, -0.15) is 9.78 Å². The Balaban J connectivity index is 1.85. The van der Waals surface area contributed by atoms with Crippen LogP contribution in [0.5, 0.6) is 0 Å². The molecule has 0 aromatic heterocycles. The van der Waals surface area contributed by atoms with Crippen LogP contribution in [0.3, 0.4) is 0 Å². The van der Waals surface area contributed by atoms with Gasteiger partial charge in [-0.1, -0.05) is 32.4 Å². The zero-order chi connectivity index (χ0) is 17.8. The fraction of sp³-hybridized carbons (Fsp3) is 0.400. The van der Waals surface area contributed by atoms with Crippen LogP contribution in [0, 0.1) is 11.3 Å². The summed E-state index contributed by atoms with van der Waals surface area (Å²) in [6.07, 6.45) is 4.95. The molecule has 0 saturated heterocycles. The summed E-state index contributed by atoms with van der Waals surface area (Å²) < 4.78 is 1.48. The highest BCUT2D eigenvalue weighted by Crippen LogP contribution is 2.39. The van der Waals surface area contributed by atoms with Crippen LogP contribution in [-0.2, 0) is 12.8 Å². The third-order valence-corrected chi connectivity index (χ3v) is 5.66. The maximum Gasteiger partial charge on any atom is 0.282 e. The van der Waals surface area contributed by atoms with Crippen LogP contribution in [0.2, 0.25) is 5.02 Å². The summed E-state index contributed by atoms with van der Waals surface area (Å²) in [5.41, 5.74) is 4.81. The monoisotopic (exact) mass is 355 g/mol. The van der Waals surface area contributed by atoms with Gasteiger partial charge < -0.3 is 4.98 Å². The van der Waals surface area contributed by atoms with E-state index in [1.807, 2.05) is 18.3 Å². The van der Waals surface area contributed by atoms with Crippen molar-refractivity contribution in [3.8, 4) is 16.9 Å². The number of halogens is 1. The van der Waals surface area contributed by atoms with Crippen molar-refractivity contribution in [2.45, 2.75) is 40.0 Å². The maximum absolute atomic E-state index is 12.8. The molecule has 0 spiro atoms. The molecule has 2 aliphatic heterocycles. The smallest absolute Gasteiger partial charge is 0.282 e. The lowest BCUT2D eigenvalue weighted by Gasteiger charge is -2.35. The Kier molecular flexibility index (Phi) is 3.76. The summed E-state index contributed by atoms with van der Waals surface area (Å²) >= 11 is 5.96. The Bertz CT molecular complexity index is 947. The van der Waals surface area contributed by atoms with E-state index < -0.39 is 0 Å². The number of hydrogen-bond acceptors (Lipinski definition) is 2. The van der Waals surface area contributed by atoms with E-state index in [1.54, 1.807) is 12.1 Å². The van der Waals surface area contributed by atoms with E-state index in [0.29, 0.717) is 16.5 Å². The van der Waals surface area contributed by atoms with Crippen LogP contribution in [-0.4, -0.2) is 14.8 Å². The average Bonchev–Trinajstić information content (AvgIpc) is 2.92. The van der Waals surface area contributed by atoms with Gasteiger partial charge in [0.1, 0.15) is 5.69 Å². The van der Waals surface area contributed by atoms with Crippen molar-refractivity contribution >= 4 is 11.6 Å². The number of aromatic amines is 1. The number of aryl methyl sites for hydroxylation is 1. The number of H-pyrrole nitrogens is 1. The summed E-state index contributed by atoms with van der Waals surface area (Å²) in [4.78, 5) is 16.2. The van der Waals surface area contributed by atoms with E-state index in [9.17, 15) is 4.79 Å². The number of fused-ring (bicyclic) bond motifs is 3. The number of rotatable bonds is 1. The molecule has 1 atom stereocenters. The number of hydrogen-bond donors (Lipinski definition) is 1. The Morgan fingerprint density at radius 3 is 2.64 bits per heavy atom. The molecule has 2 heterocycles. The zero-order valence-corrected chi connectivity index (χ0v) is 15.5. The molecule has 5 heteroatoms. The minimum Gasteiger partial charge on any atom is -0.364 e. The first-order chi connectivity index (χ1) is 11.8. The third kappa shape index (κ3) is 2.78. The van der Waals surface area contributed by atoms with Crippen LogP contribution in [0.4, 0.5) is 0 Å². The highest BCUT2D eigenvalue weighted by atomic mass is 35.5. The molecule has 0 fully saturated rings. The minimum absolute atomic E-state index is 0.0887. The predicted molar refractivity (Wildman–Crippen MR) is 101 cm³/mol. The second-order valence-electron chi connectivity index (χ2n) is 8.01. The molecule has 3 aliphatic rings. The van der Waals surface area contributed by atoms with Gasteiger partial charge >= 0.3 is 0 Å². The summed E-state index contributed by atoms with van der Waals surface area (Å²) in [6.45, 7) is 6.87. The van der Waals surface area contributed by atoms with E-state index in [-0.39, 0.29) is 11.0 Å². The molecule has 0 saturated carbocycles. The quantitative estimate of drug-likeness (QED) is 0.700. The second-order valence-corrected chi connectivity index (χ2v) is 8.44. The normalized spacial score (nSPS) is 17.7. The average molecular weight is 356 g/mol. The maximum atomic E-state index is 12.8. The summed E-state index contributed by atoms with van der Waals surface area (Å²) in [7, 11) is 0. The fourth-order valence-corrected chi connectivity index (χ4v) is 3.89. The molecule has 25 heavy (non-hydrogen) atoms. The van der Waals surface area contributed by atoms with E-state index in [4.69, 9.17) is 11.6 Å². The minimum atomic E-state index is -0.0887. The van der Waals surface area contributed by atoms with Gasteiger partial charge in [-0.15, -0.1) is 0 Å². The van der Waals surface area contributed by atoms with Crippen molar-refractivity contribution in [3.05, 3.63) is 57.1 Å². The highest BCUT2D eigenvalue weighted by Gasteiger charge is 2.32. The fourth-order valence-electron chi connectivity index (χ4n) is 3.76. The molecular formula is C20H22ClN3O. The summed E-state index contributed by atoms with van der Waals surface area (Å²) in [5.74, 6) is 0.592. The largest absolute Gasteiger partial charge is 0.364 e. The second kappa shape index (κ2) is 5.73. The van der Waals surface area contributed by atoms with E-state index >= 15 is 0 Å². The molecule has 4 rings (SSSR count). The van der Waals surface area contributed by atoms with Crippen LogP contribution >= 0.6 is 11.6 Å². The summed E-state index contributed by atoms with van der Waals surface area (Å²) in [5, 5.41) is 5.33. The molecule has 130 valence electrons. The van der Waals surface area contributed by atoms with Crippen molar-refractivity contribution in [2.75, 3.05) is 0 Å². The van der Waals surface area contributed by atoms with E-state index in [0.717, 1.165) is 24.2 Å². The van der Waals surface area contributed by atoms with Gasteiger partial charge in [0.05, 0.1) is 11.3 Å². The van der Waals surface area contributed by atoms with Crippen LogP contribution < -0.4 is 5.56 Å². The zero-order valence-electron chi connectivity index (χ0n) is 14.8. The molecule has 0 amide bonds. The lowest BCUT2D eigenvalue weighted by molar-refractivity contribution is 0.215. The van der Waals surface area contributed by atoms with Gasteiger partial charge in [0.2, 0.25) is 0 Å². The first-order valence-electron chi connectivity index (χ1n) is 8.72. The van der Waals surface area contributed by atoms with Gasteiger partial charge in [0, 0.05) is 22.5 Å². The van der Waals surface area contributed by atoms with Gasteiger partial charge in [0.25, 0.3) is 5.56 Å². The first-order valence-corrected chi connectivity index (χ1v) is 9.10. The first kappa shape index (κ1) is 16.4. The molecule has 1 aromatic carbocycles. The predicted octanol–water partition coefficient (Wildman–Crippen LogP) is 4.47. The number of pyridine rings is 1. The van der Waals surface area contributed by atoms with Crippen molar-refractivity contribution < 1.29 is 0 Å². The van der Waals surface area contributed by atoms with Crippen molar-refractivity contribution in [1.29, 1.82) is 0 Å². The van der Waals surface area contributed by atoms with Crippen LogP contribution in [0.25, 0.3) is 16.9 Å². The number of benzene rings is 1. The Morgan fingerprint density at radius 1 is 1.24 bits per heavy atom. The topological polar surface area (TPSA) is 50.7 Å². The lowest BCUT2D eigenvalue weighted by atomic mass is 9.71. The third-order valence-electron chi connectivity index (χ3n) is 5.41. The molecule has 0 bridgehead atoms. The molecule has 4 nitrogen and oxygen atoms in total. The Hall–Kier alpha value is -2.07. The van der Waals surface area contributed by atoms with Crippen LogP contribution in [0.15, 0.2) is 35.3 Å². The standard InChI is InChI=1S/C20H22ClN3O/c1-20(2,3)12-4-9-17-15(10-12)18-16(11-22-17)19(25)24(23-18)14-7-5-13(21)6-8-14/h5-8,11-12,22H,4,9-10H2,1-3H3. The van der Waals surface area contributed by atoms with E-state index in [1.165, 1.54) is 22.4 Å². The van der Waals surface area contributed by atoms with Gasteiger partial charge in [-0.05, 0) is 54.9 Å². The number of nitrogens with one attached hydrogen (secondary N) is 1. The van der Waals surface area contributed by atoms with E-state index in [2.05, 4.69) is 30.9 Å². The lowest BCUT2D eigenvalue weighted by Crippen LogP contribution is -2.28. The van der Waals surface area contributed by atoms with Gasteiger partial charge in [0.15, 0.2) is 0 Å². The van der Waals surface area contributed by atoms with Crippen molar-refractivity contribution in [1.82, 2.24) is 14.8 Å². The molecule has 0 radical (unpaired) electrons. The molecule has 1 aliphatic carbocycles. The molecule has 1 aromatic rings. The summed E-state index contributed by atoms with van der Waals surface area (Å²) in [6, 6.07) is 7.20. The number of nitrogens with zero attached hydrogens (tertiary/aromatic N) is 2. The molecule has 1 N–H and O–H groups in total. The van der Waals surface area contributed by atoms with Crippen molar-refractivity contribution in [3.63, 3.8) is 0 Å². The Morgan fingerprint density at radius 2 is 1.96 bits per heavy atom.